The van der Waals surface area contributed by atoms with Crippen LogP contribution in [0, 0.1) is 0 Å². The van der Waals surface area contributed by atoms with E-state index in [2.05, 4.69) is 0 Å². The van der Waals surface area contributed by atoms with Crippen LogP contribution < -0.4 is 0 Å². The zero-order chi connectivity index (χ0) is 11.3. The molecular weight excluding hydrogens is 236 g/mol. The summed E-state index contributed by atoms with van der Waals surface area (Å²) in [7, 11) is 0. The lowest BCUT2D eigenvalue weighted by atomic mass is 10.3. The minimum Gasteiger partial charge on any atom is -0.465 e. The molecule has 1 aromatic heterocycles. The van der Waals surface area contributed by atoms with Crippen LogP contribution in [-0.4, -0.2) is 18.4 Å². The predicted molar refractivity (Wildman–Crippen MR) is 59.3 cm³/mol. The van der Waals surface area contributed by atoms with Crippen molar-refractivity contribution in [1.82, 2.24) is 0 Å². The normalized spacial score (nSPS) is 10.0. The molecule has 0 aliphatic carbocycles. The highest BCUT2D eigenvalue weighted by molar-refractivity contribution is 7.16. The van der Waals surface area contributed by atoms with Crippen LogP contribution in [-0.2, 0) is 20.7 Å². The van der Waals surface area contributed by atoms with Crippen molar-refractivity contribution in [2.45, 2.75) is 19.8 Å². The summed E-state index contributed by atoms with van der Waals surface area (Å²) < 4.78 is 5.59. The van der Waals surface area contributed by atoms with Crippen molar-refractivity contribution < 1.29 is 14.3 Å². The molecule has 0 amide bonds. The van der Waals surface area contributed by atoms with Crippen LogP contribution in [0.2, 0.25) is 4.34 Å². The third-order valence-corrected chi connectivity index (χ3v) is 2.92. The maximum absolute atomic E-state index is 11.0. The zero-order valence-electron chi connectivity index (χ0n) is 8.29. The molecule has 0 bridgehead atoms. The van der Waals surface area contributed by atoms with Gasteiger partial charge >= 0.3 is 5.97 Å². The molecule has 0 spiro atoms. The van der Waals surface area contributed by atoms with Gasteiger partial charge in [-0.25, -0.2) is 0 Å². The number of ether oxygens (including phenoxy) is 1. The molecule has 15 heavy (non-hydrogen) atoms. The topological polar surface area (TPSA) is 43.4 Å². The first kappa shape index (κ1) is 12.2. The molecule has 0 saturated heterocycles. The highest BCUT2D eigenvalue weighted by atomic mass is 35.5. The molecule has 1 rings (SSSR count). The molecule has 0 unspecified atom stereocenters. The molecule has 3 nitrogen and oxygen atoms in total. The number of hydrogen-bond acceptors (Lipinski definition) is 4. The molecule has 82 valence electrons. The second-order valence-electron chi connectivity index (χ2n) is 3.06. The lowest BCUT2D eigenvalue weighted by Gasteiger charge is -2.01. The molecule has 0 aromatic carbocycles. The van der Waals surface area contributed by atoms with Gasteiger partial charge in [0.15, 0.2) is 0 Å². The Hall–Kier alpha value is -0.870. The Labute approximate surface area is 97.0 Å². The van der Waals surface area contributed by atoms with Crippen molar-refractivity contribution in [3.8, 4) is 0 Å². The number of hydrogen-bond donors (Lipinski definition) is 0. The minimum atomic E-state index is -0.467. The number of carbonyl (C=O) groups is 2. The molecule has 0 fully saturated rings. The number of esters is 1. The van der Waals surface area contributed by atoms with Crippen molar-refractivity contribution in [2.24, 2.45) is 0 Å². The van der Waals surface area contributed by atoms with Gasteiger partial charge in [0.2, 0.25) is 0 Å². The first-order chi connectivity index (χ1) is 7.08. The van der Waals surface area contributed by atoms with Crippen LogP contribution in [0.15, 0.2) is 12.1 Å². The number of Topliss-reactive ketones (excluding diaryl/α,β-unsaturated/α-hetero) is 1. The van der Waals surface area contributed by atoms with Crippen molar-refractivity contribution in [3.63, 3.8) is 0 Å². The summed E-state index contributed by atoms with van der Waals surface area (Å²) in [5.41, 5.74) is 0. The molecule has 0 radical (unpaired) electrons. The van der Waals surface area contributed by atoms with Crippen LogP contribution in [0.3, 0.4) is 0 Å². The Morgan fingerprint density at radius 1 is 1.47 bits per heavy atom. The molecule has 0 N–H and O–H groups in total. The van der Waals surface area contributed by atoms with E-state index >= 15 is 0 Å². The molecule has 1 aromatic rings. The van der Waals surface area contributed by atoms with Crippen molar-refractivity contribution in [3.05, 3.63) is 21.3 Å². The number of thiophene rings is 1. The van der Waals surface area contributed by atoms with Gasteiger partial charge in [0.1, 0.15) is 12.2 Å². The molecular formula is C10H11ClO3S. The van der Waals surface area contributed by atoms with Crippen LogP contribution in [0.25, 0.3) is 0 Å². The van der Waals surface area contributed by atoms with Gasteiger partial charge in [-0.15, -0.1) is 11.3 Å². The minimum absolute atomic E-state index is 0.148. The van der Waals surface area contributed by atoms with Crippen molar-refractivity contribution in [2.75, 3.05) is 6.61 Å². The Balaban J connectivity index is 2.22. The summed E-state index contributed by atoms with van der Waals surface area (Å²) in [6.07, 6.45) is 0.492. The second kappa shape index (κ2) is 5.88. The number of rotatable bonds is 5. The SMILES string of the molecule is CC(=O)CC(=O)OCCc1ccc(Cl)s1. The number of halogens is 1. The summed E-state index contributed by atoms with van der Waals surface area (Å²) in [5, 5.41) is 0. The van der Waals surface area contributed by atoms with Gasteiger partial charge < -0.3 is 4.74 Å². The highest BCUT2D eigenvalue weighted by Crippen LogP contribution is 2.21. The van der Waals surface area contributed by atoms with E-state index in [1.54, 1.807) is 6.07 Å². The third kappa shape index (κ3) is 4.95. The summed E-state index contributed by atoms with van der Waals surface area (Å²) in [4.78, 5) is 22.6. The van der Waals surface area contributed by atoms with Crippen LogP contribution in [0.1, 0.15) is 18.2 Å². The summed E-state index contributed by atoms with van der Waals surface area (Å²) in [6.45, 7) is 1.66. The van der Waals surface area contributed by atoms with E-state index < -0.39 is 5.97 Å². The van der Waals surface area contributed by atoms with Crippen molar-refractivity contribution in [1.29, 1.82) is 0 Å². The fourth-order valence-corrected chi connectivity index (χ4v) is 2.07. The van der Waals surface area contributed by atoms with E-state index in [1.807, 2.05) is 6.07 Å². The Kier molecular flexibility index (Phi) is 4.78. The summed E-state index contributed by atoms with van der Waals surface area (Å²) in [5.74, 6) is -0.649. The average molecular weight is 247 g/mol. The van der Waals surface area contributed by atoms with E-state index in [-0.39, 0.29) is 12.2 Å². The molecule has 0 aliphatic rings. The third-order valence-electron chi connectivity index (χ3n) is 1.63. The lowest BCUT2D eigenvalue weighted by molar-refractivity contribution is -0.145. The fourth-order valence-electron chi connectivity index (χ4n) is 1.01. The van der Waals surface area contributed by atoms with Gasteiger partial charge in [0, 0.05) is 11.3 Å². The Morgan fingerprint density at radius 2 is 2.20 bits per heavy atom. The van der Waals surface area contributed by atoms with E-state index in [9.17, 15) is 9.59 Å². The number of carbonyl (C=O) groups excluding carboxylic acids is 2. The van der Waals surface area contributed by atoms with Crippen LogP contribution >= 0.6 is 22.9 Å². The Morgan fingerprint density at radius 3 is 2.73 bits per heavy atom. The van der Waals surface area contributed by atoms with Crippen LogP contribution in [0.5, 0.6) is 0 Å². The van der Waals surface area contributed by atoms with Gasteiger partial charge in [-0.1, -0.05) is 11.6 Å². The average Bonchev–Trinajstić information content (AvgIpc) is 2.50. The molecule has 0 saturated carbocycles. The van der Waals surface area contributed by atoms with Crippen LogP contribution in [0.4, 0.5) is 0 Å². The summed E-state index contributed by atoms with van der Waals surface area (Å²) in [6, 6.07) is 3.70. The smallest absolute Gasteiger partial charge is 0.313 e. The van der Waals surface area contributed by atoms with Crippen molar-refractivity contribution >= 4 is 34.7 Å². The van der Waals surface area contributed by atoms with Gasteiger partial charge in [-0.3, -0.25) is 9.59 Å². The predicted octanol–water partition coefficient (Wildman–Crippen LogP) is 2.47. The first-order valence-electron chi connectivity index (χ1n) is 4.47. The van der Waals surface area contributed by atoms with E-state index in [1.165, 1.54) is 18.3 Å². The molecule has 0 atom stereocenters. The second-order valence-corrected chi connectivity index (χ2v) is 4.85. The monoisotopic (exact) mass is 246 g/mol. The van der Waals surface area contributed by atoms with Gasteiger partial charge in [-0.2, -0.15) is 0 Å². The number of ketones is 1. The lowest BCUT2D eigenvalue weighted by Crippen LogP contribution is -2.10. The zero-order valence-corrected chi connectivity index (χ0v) is 9.86. The largest absolute Gasteiger partial charge is 0.465 e. The maximum atomic E-state index is 11.0. The first-order valence-corrected chi connectivity index (χ1v) is 5.66. The van der Waals surface area contributed by atoms with Gasteiger partial charge in [0.05, 0.1) is 10.9 Å². The summed E-state index contributed by atoms with van der Waals surface area (Å²) >= 11 is 7.20. The quantitative estimate of drug-likeness (QED) is 0.592. The molecule has 0 aliphatic heterocycles. The Bertz CT molecular complexity index is 359. The van der Waals surface area contributed by atoms with Gasteiger partial charge in [-0.05, 0) is 19.1 Å². The highest BCUT2D eigenvalue weighted by Gasteiger charge is 2.06. The maximum Gasteiger partial charge on any atom is 0.313 e. The van der Waals surface area contributed by atoms with E-state index in [0.29, 0.717) is 13.0 Å². The van der Waals surface area contributed by atoms with Gasteiger partial charge in [0.25, 0.3) is 0 Å². The van der Waals surface area contributed by atoms with E-state index in [4.69, 9.17) is 16.3 Å². The van der Waals surface area contributed by atoms with E-state index in [0.717, 1.165) is 9.21 Å². The molecule has 1 heterocycles. The standard InChI is InChI=1S/C10H11ClO3S/c1-7(12)6-10(13)14-5-4-8-2-3-9(11)15-8/h2-3H,4-6H2,1H3. The fraction of sp³-hybridized carbons (Fsp3) is 0.400. The molecule has 5 heteroatoms.